The predicted octanol–water partition coefficient (Wildman–Crippen LogP) is -0.277. The standard InChI is InChI=1S/C13H20N4O3/c1-2-12(19)16-6-3-7-17(9-8-16)13(20)10-4-5-11(18)15-14-10/h2-9H2,1H3,(H,15,18). The first-order chi connectivity index (χ1) is 9.61. The zero-order valence-electron chi connectivity index (χ0n) is 11.7. The van der Waals surface area contributed by atoms with Gasteiger partial charge in [0.15, 0.2) is 0 Å². The molecule has 0 aliphatic carbocycles. The molecule has 0 saturated carbocycles. The normalized spacial score (nSPS) is 20.1. The zero-order valence-corrected chi connectivity index (χ0v) is 11.7. The molecule has 1 fully saturated rings. The molecular formula is C13H20N4O3. The Hall–Kier alpha value is -1.92. The van der Waals surface area contributed by atoms with E-state index in [1.165, 1.54) is 0 Å². The second-order valence-electron chi connectivity index (χ2n) is 4.97. The summed E-state index contributed by atoms with van der Waals surface area (Å²) < 4.78 is 0. The summed E-state index contributed by atoms with van der Waals surface area (Å²) in [7, 11) is 0. The average Bonchev–Trinajstić information content (AvgIpc) is 2.72. The van der Waals surface area contributed by atoms with E-state index in [2.05, 4.69) is 10.5 Å². The van der Waals surface area contributed by atoms with Crippen LogP contribution in [0.4, 0.5) is 0 Å². The Kier molecular flexibility index (Phi) is 4.70. The molecule has 7 heteroatoms. The van der Waals surface area contributed by atoms with Gasteiger partial charge < -0.3 is 9.80 Å². The van der Waals surface area contributed by atoms with Crippen molar-refractivity contribution >= 4 is 23.4 Å². The van der Waals surface area contributed by atoms with E-state index in [4.69, 9.17) is 0 Å². The van der Waals surface area contributed by atoms with Crippen LogP contribution in [0.25, 0.3) is 0 Å². The van der Waals surface area contributed by atoms with Crippen molar-refractivity contribution in [2.24, 2.45) is 5.10 Å². The van der Waals surface area contributed by atoms with E-state index >= 15 is 0 Å². The van der Waals surface area contributed by atoms with E-state index in [-0.39, 0.29) is 17.7 Å². The van der Waals surface area contributed by atoms with Crippen LogP contribution in [0.5, 0.6) is 0 Å². The lowest BCUT2D eigenvalue weighted by Crippen LogP contribution is -2.42. The number of nitrogens with zero attached hydrogens (tertiary/aromatic N) is 3. The molecule has 1 saturated heterocycles. The predicted molar refractivity (Wildman–Crippen MR) is 72.9 cm³/mol. The minimum atomic E-state index is -0.155. The molecular weight excluding hydrogens is 260 g/mol. The molecule has 0 bridgehead atoms. The summed E-state index contributed by atoms with van der Waals surface area (Å²) in [5, 5.41) is 3.83. The Labute approximate surface area is 118 Å². The number of amides is 3. The highest BCUT2D eigenvalue weighted by Crippen LogP contribution is 2.09. The number of hydrazone groups is 1. The number of hydrogen-bond donors (Lipinski definition) is 1. The molecule has 0 atom stereocenters. The maximum atomic E-state index is 12.3. The molecule has 0 aromatic heterocycles. The monoisotopic (exact) mass is 280 g/mol. The van der Waals surface area contributed by atoms with Crippen molar-refractivity contribution in [2.45, 2.75) is 32.6 Å². The molecule has 0 radical (unpaired) electrons. The van der Waals surface area contributed by atoms with Gasteiger partial charge in [0.2, 0.25) is 11.8 Å². The minimum Gasteiger partial charge on any atom is -0.341 e. The second kappa shape index (κ2) is 6.49. The fraction of sp³-hybridized carbons (Fsp3) is 0.692. The summed E-state index contributed by atoms with van der Waals surface area (Å²) in [6.45, 7) is 4.25. The average molecular weight is 280 g/mol. The zero-order chi connectivity index (χ0) is 14.5. The third kappa shape index (κ3) is 3.34. The van der Waals surface area contributed by atoms with Crippen molar-refractivity contribution in [1.29, 1.82) is 0 Å². The summed E-state index contributed by atoms with van der Waals surface area (Å²) in [5.41, 5.74) is 2.74. The van der Waals surface area contributed by atoms with Gasteiger partial charge in [0.1, 0.15) is 5.71 Å². The van der Waals surface area contributed by atoms with Gasteiger partial charge in [0, 0.05) is 45.4 Å². The van der Waals surface area contributed by atoms with Gasteiger partial charge in [-0.2, -0.15) is 5.10 Å². The Bertz CT molecular complexity index is 447. The van der Waals surface area contributed by atoms with Gasteiger partial charge >= 0.3 is 0 Å². The Morgan fingerprint density at radius 2 is 1.85 bits per heavy atom. The summed E-state index contributed by atoms with van der Waals surface area (Å²) in [6, 6.07) is 0. The molecule has 7 nitrogen and oxygen atoms in total. The quantitative estimate of drug-likeness (QED) is 0.755. The van der Waals surface area contributed by atoms with Crippen LogP contribution in [0.3, 0.4) is 0 Å². The number of carbonyl (C=O) groups is 3. The highest BCUT2D eigenvalue weighted by Gasteiger charge is 2.26. The molecule has 2 aliphatic rings. The van der Waals surface area contributed by atoms with E-state index in [1.807, 2.05) is 6.92 Å². The largest absolute Gasteiger partial charge is 0.341 e. The van der Waals surface area contributed by atoms with E-state index in [0.717, 1.165) is 6.42 Å². The first-order valence-electron chi connectivity index (χ1n) is 7.04. The van der Waals surface area contributed by atoms with Gasteiger partial charge in [-0.3, -0.25) is 14.4 Å². The van der Waals surface area contributed by atoms with Crippen molar-refractivity contribution in [2.75, 3.05) is 26.2 Å². The van der Waals surface area contributed by atoms with E-state index < -0.39 is 0 Å². The van der Waals surface area contributed by atoms with Gasteiger partial charge in [0.25, 0.3) is 5.91 Å². The molecule has 2 aliphatic heterocycles. The fourth-order valence-corrected chi connectivity index (χ4v) is 2.40. The molecule has 1 N–H and O–H groups in total. The molecule has 2 heterocycles. The van der Waals surface area contributed by atoms with E-state index in [0.29, 0.717) is 51.2 Å². The maximum absolute atomic E-state index is 12.3. The van der Waals surface area contributed by atoms with Crippen molar-refractivity contribution in [3.8, 4) is 0 Å². The Balaban J connectivity index is 1.95. The smallest absolute Gasteiger partial charge is 0.270 e. The summed E-state index contributed by atoms with van der Waals surface area (Å²) in [4.78, 5) is 38.5. The van der Waals surface area contributed by atoms with Crippen LogP contribution in [0.15, 0.2) is 5.10 Å². The molecule has 110 valence electrons. The molecule has 0 aromatic rings. The molecule has 0 unspecified atom stereocenters. The van der Waals surface area contributed by atoms with Crippen LogP contribution in [0, 0.1) is 0 Å². The molecule has 20 heavy (non-hydrogen) atoms. The van der Waals surface area contributed by atoms with Gasteiger partial charge in [-0.05, 0) is 6.42 Å². The van der Waals surface area contributed by atoms with Crippen LogP contribution in [0.2, 0.25) is 0 Å². The summed E-state index contributed by atoms with van der Waals surface area (Å²) in [6.07, 6.45) is 1.96. The van der Waals surface area contributed by atoms with Gasteiger partial charge in [-0.25, -0.2) is 5.43 Å². The van der Waals surface area contributed by atoms with Crippen LogP contribution in [-0.4, -0.2) is 59.4 Å². The molecule has 2 rings (SSSR count). The maximum Gasteiger partial charge on any atom is 0.270 e. The Morgan fingerprint density at radius 3 is 2.50 bits per heavy atom. The van der Waals surface area contributed by atoms with Crippen LogP contribution in [0.1, 0.15) is 32.6 Å². The SMILES string of the molecule is CCC(=O)N1CCCN(C(=O)C2=NNC(=O)CC2)CC1. The Morgan fingerprint density at radius 1 is 1.15 bits per heavy atom. The molecule has 3 amide bonds. The highest BCUT2D eigenvalue weighted by molar-refractivity contribution is 6.39. The van der Waals surface area contributed by atoms with Crippen molar-refractivity contribution in [3.63, 3.8) is 0 Å². The third-order valence-corrected chi connectivity index (χ3v) is 3.59. The third-order valence-electron chi connectivity index (χ3n) is 3.59. The lowest BCUT2D eigenvalue weighted by Gasteiger charge is -2.23. The van der Waals surface area contributed by atoms with Crippen LogP contribution >= 0.6 is 0 Å². The van der Waals surface area contributed by atoms with Crippen molar-refractivity contribution < 1.29 is 14.4 Å². The van der Waals surface area contributed by atoms with Crippen LogP contribution < -0.4 is 5.43 Å². The summed E-state index contributed by atoms with van der Waals surface area (Å²) in [5.74, 6) is -0.158. The van der Waals surface area contributed by atoms with Gasteiger partial charge in [-0.1, -0.05) is 6.92 Å². The second-order valence-corrected chi connectivity index (χ2v) is 4.97. The summed E-state index contributed by atoms with van der Waals surface area (Å²) >= 11 is 0. The molecule has 0 spiro atoms. The van der Waals surface area contributed by atoms with E-state index in [1.54, 1.807) is 9.80 Å². The fourth-order valence-electron chi connectivity index (χ4n) is 2.40. The lowest BCUT2D eigenvalue weighted by molar-refractivity contribution is -0.131. The number of nitrogens with one attached hydrogen (secondary N) is 1. The minimum absolute atomic E-state index is 0.126. The van der Waals surface area contributed by atoms with Crippen molar-refractivity contribution in [1.82, 2.24) is 15.2 Å². The van der Waals surface area contributed by atoms with Crippen LogP contribution in [-0.2, 0) is 14.4 Å². The van der Waals surface area contributed by atoms with Gasteiger partial charge in [-0.15, -0.1) is 0 Å². The topological polar surface area (TPSA) is 82.1 Å². The number of carbonyl (C=O) groups excluding carboxylic acids is 3. The van der Waals surface area contributed by atoms with E-state index in [9.17, 15) is 14.4 Å². The molecule has 0 aromatic carbocycles. The first-order valence-corrected chi connectivity index (χ1v) is 7.04. The van der Waals surface area contributed by atoms with Gasteiger partial charge in [0.05, 0.1) is 0 Å². The highest BCUT2D eigenvalue weighted by atomic mass is 16.2. The first kappa shape index (κ1) is 14.5. The number of rotatable bonds is 2. The number of hydrogen-bond acceptors (Lipinski definition) is 4. The van der Waals surface area contributed by atoms with Crippen molar-refractivity contribution in [3.05, 3.63) is 0 Å². The lowest BCUT2D eigenvalue weighted by atomic mass is 10.1.